The monoisotopic (exact) mass is 434 g/mol. The largest absolute Gasteiger partial charge is 0.288 e. The third-order valence-electron chi connectivity index (χ3n) is 4.36. The second kappa shape index (κ2) is 9.43. The molecule has 0 aliphatic carbocycles. The molecule has 0 saturated carbocycles. The van der Waals surface area contributed by atoms with Gasteiger partial charge in [-0.15, -0.1) is 0 Å². The van der Waals surface area contributed by atoms with Crippen molar-refractivity contribution < 1.29 is 4.92 Å². The minimum absolute atomic E-state index is 0.0543. The summed E-state index contributed by atoms with van der Waals surface area (Å²) in [5, 5.41) is 10.9. The van der Waals surface area contributed by atoms with Crippen LogP contribution in [0.2, 0.25) is 0 Å². The molecule has 0 fully saturated rings. The van der Waals surface area contributed by atoms with Gasteiger partial charge in [0, 0.05) is 12.1 Å². The molecule has 0 atom stereocenters. The second-order valence-corrected chi connectivity index (χ2v) is 8.55. The zero-order chi connectivity index (χ0) is 20.8. The van der Waals surface area contributed by atoms with Crippen LogP contribution in [-0.2, 0) is 13.1 Å². The van der Waals surface area contributed by atoms with Gasteiger partial charge in [-0.25, -0.2) is 4.99 Å². The van der Waals surface area contributed by atoms with Crippen molar-refractivity contribution in [3.63, 3.8) is 0 Å². The lowest BCUT2D eigenvalue weighted by Gasteiger charge is -2.04. The molecule has 8 heteroatoms. The van der Waals surface area contributed by atoms with E-state index in [1.54, 1.807) is 32.8 Å². The van der Waals surface area contributed by atoms with Gasteiger partial charge >= 0.3 is 0 Å². The van der Waals surface area contributed by atoms with Crippen molar-refractivity contribution in [1.82, 2.24) is 4.57 Å². The van der Waals surface area contributed by atoms with Crippen molar-refractivity contribution in [2.45, 2.75) is 13.1 Å². The van der Waals surface area contributed by atoms with Crippen LogP contribution in [-0.4, -0.2) is 9.49 Å². The number of benzene rings is 3. The van der Waals surface area contributed by atoms with E-state index in [1.807, 2.05) is 36.4 Å². The number of hydrogen-bond acceptors (Lipinski definition) is 6. The molecular weight excluding hydrogens is 416 g/mol. The fourth-order valence-electron chi connectivity index (χ4n) is 2.84. The number of nitro benzene ring substituents is 1. The van der Waals surface area contributed by atoms with Crippen molar-refractivity contribution in [2.75, 3.05) is 0 Å². The smallest absolute Gasteiger partial charge is 0.269 e. The van der Waals surface area contributed by atoms with Gasteiger partial charge in [-0.3, -0.25) is 19.7 Å². The number of nitro groups is 1. The first-order chi connectivity index (χ1) is 14.7. The maximum atomic E-state index is 10.9. The Morgan fingerprint density at radius 3 is 2.03 bits per heavy atom. The Kier molecular flexibility index (Phi) is 6.26. The topological polar surface area (TPSA) is 72.8 Å². The Balaban J connectivity index is 1.74. The van der Waals surface area contributed by atoms with Gasteiger partial charge < -0.3 is 0 Å². The van der Waals surface area contributed by atoms with E-state index in [1.165, 1.54) is 12.1 Å². The van der Waals surface area contributed by atoms with E-state index in [0.717, 1.165) is 20.7 Å². The van der Waals surface area contributed by atoms with Crippen LogP contribution in [0.5, 0.6) is 0 Å². The van der Waals surface area contributed by atoms with Gasteiger partial charge in [-0.2, -0.15) is 0 Å². The van der Waals surface area contributed by atoms with E-state index >= 15 is 0 Å². The summed E-state index contributed by atoms with van der Waals surface area (Å²) in [6.07, 6.45) is 0. The highest BCUT2D eigenvalue weighted by atomic mass is 32.9. The quantitative estimate of drug-likeness (QED) is 0.246. The fourth-order valence-corrected chi connectivity index (χ4v) is 5.05. The minimum Gasteiger partial charge on any atom is -0.288 e. The van der Waals surface area contributed by atoms with Crippen LogP contribution < -0.4 is 9.60 Å². The van der Waals surface area contributed by atoms with Gasteiger partial charge in [0.2, 0.25) is 4.80 Å². The summed E-state index contributed by atoms with van der Waals surface area (Å²) in [6, 6.07) is 26.6. The Bertz CT molecular complexity index is 1260. The Morgan fingerprint density at radius 1 is 0.800 bits per heavy atom. The predicted octanol–water partition coefficient (Wildman–Crippen LogP) is 4.90. The summed E-state index contributed by atoms with van der Waals surface area (Å²) >= 11 is 0. The summed E-state index contributed by atoms with van der Waals surface area (Å²) < 4.78 is 2.09. The summed E-state index contributed by atoms with van der Waals surface area (Å²) in [4.78, 5) is 21.7. The van der Waals surface area contributed by atoms with Crippen molar-refractivity contribution in [3.8, 4) is 0 Å². The molecular formula is C22H18N4O2S2. The molecule has 30 heavy (non-hydrogen) atoms. The highest BCUT2D eigenvalue weighted by Gasteiger charge is 2.06. The van der Waals surface area contributed by atoms with Crippen LogP contribution in [0.4, 0.5) is 11.4 Å². The molecule has 0 aliphatic rings. The molecule has 0 saturated heterocycles. The third-order valence-corrected chi connectivity index (χ3v) is 6.55. The Hall–Kier alpha value is -3.36. The van der Waals surface area contributed by atoms with Gasteiger partial charge in [0.1, 0.15) is 0 Å². The molecule has 6 nitrogen and oxygen atoms in total. The summed E-state index contributed by atoms with van der Waals surface area (Å²) in [5.74, 6) is 0. The van der Waals surface area contributed by atoms with Crippen molar-refractivity contribution in [3.05, 3.63) is 116 Å². The maximum absolute atomic E-state index is 10.9. The lowest BCUT2D eigenvalue weighted by molar-refractivity contribution is -0.384. The number of rotatable bonds is 6. The number of non-ortho nitro benzene ring substituents is 1. The van der Waals surface area contributed by atoms with Crippen LogP contribution in [0.3, 0.4) is 0 Å². The highest BCUT2D eigenvalue weighted by molar-refractivity contribution is 7.67. The highest BCUT2D eigenvalue weighted by Crippen LogP contribution is 2.17. The summed E-state index contributed by atoms with van der Waals surface area (Å²) in [5.41, 5.74) is 3.03. The van der Waals surface area contributed by atoms with Crippen LogP contribution in [0.1, 0.15) is 11.1 Å². The number of hydrogen-bond donors (Lipinski definition) is 0. The standard InChI is InChI=1S/C22H18N4O2S2/c27-26(28)20-13-11-19(12-14-20)24-22-25(16-18-9-5-2-6-10-18)21(29-30-22)23-15-17-7-3-1-4-8-17/h1-14H,15-16H2. The minimum atomic E-state index is -0.410. The van der Waals surface area contributed by atoms with Crippen molar-refractivity contribution >= 4 is 32.1 Å². The molecule has 0 aliphatic heterocycles. The van der Waals surface area contributed by atoms with Gasteiger partial charge in [0.15, 0.2) is 4.80 Å². The molecule has 1 heterocycles. The van der Waals surface area contributed by atoms with E-state index in [9.17, 15) is 10.1 Å². The van der Waals surface area contributed by atoms with Gasteiger partial charge in [0.25, 0.3) is 5.69 Å². The average molecular weight is 435 g/mol. The molecule has 0 N–H and O–H groups in total. The van der Waals surface area contributed by atoms with E-state index in [-0.39, 0.29) is 5.69 Å². The van der Waals surface area contributed by atoms with Crippen molar-refractivity contribution in [1.29, 1.82) is 0 Å². The third kappa shape index (κ3) is 4.97. The van der Waals surface area contributed by atoms with Crippen LogP contribution in [0.25, 0.3) is 0 Å². The molecule has 4 aromatic rings. The zero-order valence-corrected chi connectivity index (χ0v) is 17.6. The first-order valence-corrected chi connectivity index (χ1v) is 11.4. The normalized spacial score (nSPS) is 12.3. The Labute approximate surface area is 180 Å². The van der Waals surface area contributed by atoms with Crippen molar-refractivity contribution in [2.24, 2.45) is 9.98 Å². The average Bonchev–Trinajstić information content (AvgIpc) is 3.15. The van der Waals surface area contributed by atoms with E-state index < -0.39 is 4.92 Å². The van der Waals surface area contributed by atoms with Gasteiger partial charge in [-0.1, -0.05) is 60.7 Å². The molecule has 1 aromatic heterocycles. The zero-order valence-electron chi connectivity index (χ0n) is 15.9. The molecule has 0 radical (unpaired) electrons. The van der Waals surface area contributed by atoms with Crippen LogP contribution >= 0.6 is 20.7 Å². The van der Waals surface area contributed by atoms with Gasteiger partial charge in [0.05, 0.1) is 23.7 Å². The molecule has 0 bridgehead atoms. The van der Waals surface area contributed by atoms with E-state index in [2.05, 4.69) is 28.8 Å². The molecule has 0 spiro atoms. The van der Waals surface area contributed by atoms with Crippen LogP contribution in [0.15, 0.2) is 94.9 Å². The molecule has 0 amide bonds. The number of nitrogens with zero attached hydrogens (tertiary/aromatic N) is 4. The Morgan fingerprint density at radius 2 is 1.40 bits per heavy atom. The molecule has 150 valence electrons. The number of aromatic nitrogens is 1. The lowest BCUT2D eigenvalue weighted by Crippen LogP contribution is -2.26. The maximum Gasteiger partial charge on any atom is 0.269 e. The summed E-state index contributed by atoms with van der Waals surface area (Å²) in [7, 11) is 3.12. The molecule has 3 aromatic carbocycles. The van der Waals surface area contributed by atoms with E-state index in [0.29, 0.717) is 18.8 Å². The fraction of sp³-hybridized carbons (Fsp3) is 0.0909. The van der Waals surface area contributed by atoms with Gasteiger partial charge in [-0.05, 0) is 43.9 Å². The van der Waals surface area contributed by atoms with Crippen LogP contribution in [0, 0.1) is 10.1 Å². The van der Waals surface area contributed by atoms with E-state index in [4.69, 9.17) is 9.98 Å². The lowest BCUT2D eigenvalue weighted by atomic mass is 10.2. The first-order valence-electron chi connectivity index (χ1n) is 9.26. The second-order valence-electron chi connectivity index (χ2n) is 6.49. The molecule has 0 unspecified atom stereocenters. The summed E-state index contributed by atoms with van der Waals surface area (Å²) in [6.45, 7) is 1.25. The predicted molar refractivity (Wildman–Crippen MR) is 120 cm³/mol. The SMILES string of the molecule is O=[N+]([O-])c1ccc(N=c2ssc(=NCc3ccccc3)n2Cc2ccccc2)cc1. The first kappa shape index (κ1) is 19.9. The molecule has 4 rings (SSSR count).